The zero-order chi connectivity index (χ0) is 25.5. The van der Waals surface area contributed by atoms with Gasteiger partial charge in [0.25, 0.3) is 0 Å². The van der Waals surface area contributed by atoms with Gasteiger partial charge in [-0.1, -0.05) is 100 Å². The van der Waals surface area contributed by atoms with Crippen LogP contribution in [0.5, 0.6) is 5.75 Å². The van der Waals surface area contributed by atoms with E-state index in [4.69, 9.17) is 9.05 Å². The third-order valence-electron chi connectivity index (χ3n) is 6.96. The second-order valence-corrected chi connectivity index (χ2v) is 10.8. The molecule has 0 amide bonds. The Morgan fingerprint density at radius 1 is 0.657 bits per heavy atom. The average molecular weight is 497 g/mol. The topological polar surface area (TPSA) is 79.2 Å². The minimum absolute atomic E-state index is 0.00845. The lowest BCUT2D eigenvalue weighted by molar-refractivity contribution is -0.0239. The van der Waals surface area contributed by atoms with Crippen LogP contribution in [0.2, 0.25) is 0 Å². The molecule has 188 valence electrons. The molecule has 35 heavy (non-hydrogen) atoms. The summed E-state index contributed by atoms with van der Waals surface area (Å²) < 4.78 is 11.7. The van der Waals surface area contributed by atoms with E-state index in [1.807, 2.05) is 30.3 Å². The normalized spacial score (nSPS) is 12.9. The van der Waals surface area contributed by atoms with Crippen molar-refractivity contribution in [2.75, 3.05) is 26.4 Å². The Labute approximate surface area is 210 Å². The zero-order valence-electron chi connectivity index (χ0n) is 21.0. The molecule has 0 aromatic heterocycles. The Hall–Kier alpha value is -2.27. The fourth-order valence-electron chi connectivity index (χ4n) is 4.07. The Morgan fingerprint density at radius 3 is 1.69 bits per heavy atom. The molecular weight excluding hydrogens is 459 g/mol. The van der Waals surface area contributed by atoms with E-state index in [-0.39, 0.29) is 46.3 Å². The summed E-state index contributed by atoms with van der Waals surface area (Å²) in [7, 11) is -0.352. The zero-order valence-corrected chi connectivity index (χ0v) is 22.0. The molecule has 0 spiro atoms. The summed E-state index contributed by atoms with van der Waals surface area (Å²) in [4.78, 5) is 0. The molecule has 3 aromatic rings. The van der Waals surface area contributed by atoms with E-state index in [9.17, 15) is 15.3 Å². The van der Waals surface area contributed by atoms with Crippen LogP contribution in [0.4, 0.5) is 0 Å². The molecule has 0 aliphatic rings. The van der Waals surface area contributed by atoms with Crippen LogP contribution in [0.15, 0.2) is 78.9 Å². The second-order valence-electron chi connectivity index (χ2n) is 10.1. The first-order chi connectivity index (χ1) is 16.7. The van der Waals surface area contributed by atoms with Crippen molar-refractivity contribution >= 4 is 9.03 Å². The quantitative estimate of drug-likeness (QED) is 0.237. The summed E-state index contributed by atoms with van der Waals surface area (Å²) in [5.74, 6) is 0.715. The lowest BCUT2D eigenvalue weighted by Crippen LogP contribution is -2.38. The van der Waals surface area contributed by atoms with Gasteiger partial charge < -0.3 is 24.4 Å². The molecule has 5 nitrogen and oxygen atoms in total. The molecule has 1 unspecified atom stereocenters. The van der Waals surface area contributed by atoms with Gasteiger partial charge in [-0.2, -0.15) is 0 Å². The van der Waals surface area contributed by atoms with Crippen molar-refractivity contribution in [2.45, 2.75) is 38.5 Å². The smallest absolute Gasteiger partial charge is 0.215 e. The molecule has 3 rings (SSSR count). The summed E-state index contributed by atoms with van der Waals surface area (Å²) in [6.07, 6.45) is 0. The highest BCUT2D eigenvalue weighted by Gasteiger charge is 2.31. The number of hydrogen-bond acceptors (Lipinski definition) is 5. The minimum Gasteiger partial charge on any atom is -0.449 e. The number of aliphatic hydroxyl groups is 3. The lowest BCUT2D eigenvalue weighted by atomic mass is 9.73. The fourth-order valence-corrected chi connectivity index (χ4v) is 4.76. The van der Waals surface area contributed by atoms with Crippen molar-refractivity contribution in [3.63, 3.8) is 0 Å². The number of benzene rings is 3. The maximum Gasteiger partial charge on any atom is 0.215 e. The van der Waals surface area contributed by atoms with Crippen molar-refractivity contribution in [1.82, 2.24) is 0 Å². The molecule has 3 aromatic carbocycles. The summed E-state index contributed by atoms with van der Waals surface area (Å²) >= 11 is 0. The van der Waals surface area contributed by atoms with Gasteiger partial charge in [-0.25, -0.2) is 0 Å². The van der Waals surface area contributed by atoms with E-state index < -0.39 is 5.41 Å². The van der Waals surface area contributed by atoms with Crippen LogP contribution in [-0.4, -0.2) is 41.7 Å². The first kappa shape index (κ1) is 27.3. The SMILES string of the molecule is CC(C)(c1ccccc1)c1ccc(OPOCC(CO)(CO)CO)c(C(C)(C)c2ccccc2)c1. The third-order valence-corrected chi connectivity index (χ3v) is 7.53. The van der Waals surface area contributed by atoms with Gasteiger partial charge in [-0.05, 0) is 22.8 Å². The van der Waals surface area contributed by atoms with E-state index in [1.165, 1.54) is 16.7 Å². The van der Waals surface area contributed by atoms with Crippen molar-refractivity contribution in [2.24, 2.45) is 5.41 Å². The molecule has 0 aliphatic heterocycles. The molecule has 3 N–H and O–H groups in total. The van der Waals surface area contributed by atoms with Gasteiger partial charge >= 0.3 is 0 Å². The van der Waals surface area contributed by atoms with E-state index in [1.54, 1.807) is 0 Å². The summed E-state index contributed by atoms with van der Waals surface area (Å²) in [5, 5.41) is 28.6. The third kappa shape index (κ3) is 6.11. The lowest BCUT2D eigenvalue weighted by Gasteiger charge is -2.32. The summed E-state index contributed by atoms with van der Waals surface area (Å²) in [6.45, 7) is 7.68. The van der Waals surface area contributed by atoms with Crippen molar-refractivity contribution in [3.05, 3.63) is 101 Å². The Kier molecular flexibility index (Phi) is 9.09. The van der Waals surface area contributed by atoms with Crippen LogP contribution >= 0.6 is 9.03 Å². The predicted octanol–water partition coefficient (Wildman–Crippen LogP) is 5.21. The number of rotatable bonds is 12. The molecule has 0 aliphatic carbocycles. The predicted molar refractivity (Wildman–Crippen MR) is 142 cm³/mol. The molecule has 0 fully saturated rings. The van der Waals surface area contributed by atoms with E-state index in [2.05, 4.69) is 76.2 Å². The van der Waals surface area contributed by atoms with Gasteiger partial charge in [-0.15, -0.1) is 0 Å². The van der Waals surface area contributed by atoms with Crippen LogP contribution in [0.3, 0.4) is 0 Å². The fraction of sp³-hybridized carbons (Fsp3) is 0.379. The second kappa shape index (κ2) is 11.6. The van der Waals surface area contributed by atoms with Crippen LogP contribution in [0.25, 0.3) is 0 Å². The van der Waals surface area contributed by atoms with Crippen molar-refractivity contribution in [3.8, 4) is 5.75 Å². The molecule has 0 saturated heterocycles. The highest BCUT2D eigenvalue weighted by atomic mass is 31.1. The van der Waals surface area contributed by atoms with Crippen LogP contribution in [0, 0.1) is 5.41 Å². The van der Waals surface area contributed by atoms with Crippen LogP contribution < -0.4 is 4.52 Å². The first-order valence-corrected chi connectivity index (χ1v) is 12.6. The summed E-state index contributed by atoms with van der Waals surface area (Å²) in [6, 6.07) is 27.1. The molecule has 0 radical (unpaired) electrons. The maximum absolute atomic E-state index is 9.53. The Balaban J connectivity index is 1.95. The molecule has 0 heterocycles. The molecular formula is C29H37O5P. The summed E-state index contributed by atoms with van der Waals surface area (Å²) in [5.41, 5.74) is 2.99. The first-order valence-electron chi connectivity index (χ1n) is 11.8. The largest absolute Gasteiger partial charge is 0.449 e. The van der Waals surface area contributed by atoms with Gasteiger partial charge in [0.15, 0.2) is 0 Å². The Morgan fingerprint density at radius 2 is 1.17 bits per heavy atom. The van der Waals surface area contributed by atoms with Gasteiger partial charge in [0.1, 0.15) is 5.75 Å². The standard InChI is InChI=1S/C29H37O5P/c1-27(2,22-11-7-5-8-12-22)24-15-16-26(34-35-33-21-29(18-30,19-31)20-32)25(17-24)28(3,4)23-13-9-6-10-14-23/h5-17,30-32,35H,18-21H2,1-4H3. The minimum atomic E-state index is -1.09. The van der Waals surface area contributed by atoms with Gasteiger partial charge in [-0.3, -0.25) is 0 Å². The molecule has 1 atom stereocenters. The monoisotopic (exact) mass is 496 g/mol. The number of aliphatic hydroxyl groups excluding tert-OH is 3. The Bertz CT molecular complexity index is 1050. The van der Waals surface area contributed by atoms with E-state index in [0.717, 1.165) is 5.56 Å². The van der Waals surface area contributed by atoms with Gasteiger partial charge in [0, 0.05) is 16.4 Å². The van der Waals surface area contributed by atoms with Gasteiger partial charge in [0.2, 0.25) is 9.03 Å². The molecule has 0 saturated carbocycles. The van der Waals surface area contributed by atoms with Gasteiger partial charge in [0.05, 0.1) is 31.8 Å². The van der Waals surface area contributed by atoms with Crippen molar-refractivity contribution < 1.29 is 24.4 Å². The molecule has 6 heteroatoms. The van der Waals surface area contributed by atoms with Crippen LogP contribution in [-0.2, 0) is 15.4 Å². The van der Waals surface area contributed by atoms with Crippen LogP contribution in [0.1, 0.15) is 49.9 Å². The molecule has 0 bridgehead atoms. The highest BCUT2D eigenvalue weighted by molar-refractivity contribution is 7.26. The average Bonchev–Trinajstić information content (AvgIpc) is 2.90. The van der Waals surface area contributed by atoms with Crippen molar-refractivity contribution in [1.29, 1.82) is 0 Å². The van der Waals surface area contributed by atoms with E-state index >= 15 is 0 Å². The maximum atomic E-state index is 9.53. The number of hydrogen-bond donors (Lipinski definition) is 3. The van der Waals surface area contributed by atoms with E-state index in [0.29, 0.717) is 5.75 Å². The highest BCUT2D eigenvalue weighted by Crippen LogP contribution is 2.43.